The summed E-state index contributed by atoms with van der Waals surface area (Å²) in [6.45, 7) is 0. The largest absolute Gasteiger partial charge is 0.411 e. The molecule has 0 aliphatic rings. The number of rotatable bonds is 9. The minimum Gasteiger partial charge on any atom is -0.404 e. The summed E-state index contributed by atoms with van der Waals surface area (Å²) in [5, 5.41) is 2.29. The SMILES string of the molecule is C.C.C.C.C.C.O=P(O[Si](O)(c1ccccc1)c1ccccc1)(O[Si](O)(c1ccccc1)c1ccccc1)c1ccccc1. The Hall–Kier alpha value is -3.40. The van der Waals surface area contributed by atoms with Gasteiger partial charge in [-0.05, 0) is 32.9 Å². The highest BCUT2D eigenvalue weighted by Crippen LogP contribution is 2.51. The van der Waals surface area contributed by atoms with Crippen LogP contribution in [0.4, 0.5) is 0 Å². The van der Waals surface area contributed by atoms with Gasteiger partial charge in [-0.2, -0.15) is 0 Å². The van der Waals surface area contributed by atoms with Crippen molar-refractivity contribution in [2.45, 2.75) is 44.6 Å². The third-order valence-electron chi connectivity index (χ3n) is 6.24. The van der Waals surface area contributed by atoms with Crippen LogP contribution in [-0.4, -0.2) is 26.7 Å². The zero-order chi connectivity index (χ0) is 26.5. The number of benzene rings is 5. The second-order valence-electron chi connectivity index (χ2n) is 8.77. The average molecular weight is 651 g/mol. The van der Waals surface area contributed by atoms with Crippen molar-refractivity contribution in [3.8, 4) is 0 Å². The predicted molar refractivity (Wildman–Crippen MR) is 196 cm³/mol. The van der Waals surface area contributed by atoms with Gasteiger partial charge in [-0.15, -0.1) is 0 Å². The third kappa shape index (κ3) is 8.83. The smallest absolute Gasteiger partial charge is 0.404 e. The quantitative estimate of drug-likeness (QED) is 0.135. The molecule has 0 aromatic heterocycles. The first-order valence-corrected chi connectivity index (χ1v) is 17.4. The van der Waals surface area contributed by atoms with Crippen LogP contribution in [0.1, 0.15) is 44.6 Å². The maximum atomic E-state index is 15.0. The van der Waals surface area contributed by atoms with E-state index in [9.17, 15) is 9.59 Å². The molecule has 5 nitrogen and oxygen atoms in total. The highest BCUT2D eigenvalue weighted by Gasteiger charge is 2.52. The second kappa shape index (κ2) is 18.4. The monoisotopic (exact) mass is 650 g/mol. The number of hydrogen-bond donors (Lipinski definition) is 2. The van der Waals surface area contributed by atoms with Gasteiger partial charge in [0.25, 0.3) is 0 Å². The maximum absolute atomic E-state index is 15.0. The molecule has 8 heteroatoms. The van der Waals surface area contributed by atoms with Crippen LogP contribution in [0.15, 0.2) is 152 Å². The van der Waals surface area contributed by atoms with Crippen LogP contribution >= 0.6 is 7.60 Å². The van der Waals surface area contributed by atoms with Crippen molar-refractivity contribution in [3.05, 3.63) is 152 Å². The van der Waals surface area contributed by atoms with Crippen LogP contribution in [0, 0.1) is 0 Å². The van der Waals surface area contributed by atoms with E-state index in [1.807, 2.05) is 24.3 Å². The van der Waals surface area contributed by atoms with E-state index in [1.54, 1.807) is 127 Å². The summed E-state index contributed by atoms with van der Waals surface area (Å²) in [5.74, 6) is 0. The lowest BCUT2D eigenvalue weighted by Gasteiger charge is -2.35. The summed E-state index contributed by atoms with van der Waals surface area (Å²) in [6, 6.07) is 44.3. The molecule has 0 saturated carbocycles. The van der Waals surface area contributed by atoms with Crippen molar-refractivity contribution in [1.82, 2.24) is 0 Å². The fourth-order valence-electron chi connectivity index (χ4n) is 4.28. The molecular weight excluding hydrogens is 600 g/mol. The Labute approximate surface area is 268 Å². The Kier molecular flexibility index (Phi) is 17.9. The van der Waals surface area contributed by atoms with E-state index in [1.165, 1.54) is 0 Å². The lowest BCUT2D eigenvalue weighted by atomic mass is 10.4. The van der Waals surface area contributed by atoms with E-state index >= 15 is 4.57 Å². The van der Waals surface area contributed by atoms with Crippen molar-refractivity contribution >= 4 is 50.8 Å². The van der Waals surface area contributed by atoms with E-state index in [4.69, 9.17) is 8.43 Å². The van der Waals surface area contributed by atoms with Crippen LogP contribution in [0.25, 0.3) is 0 Å². The van der Waals surface area contributed by atoms with Gasteiger partial charge >= 0.3 is 24.7 Å². The Balaban J connectivity index is 0. The molecule has 0 unspecified atom stereocenters. The van der Waals surface area contributed by atoms with Crippen molar-refractivity contribution in [2.75, 3.05) is 0 Å². The first-order valence-electron chi connectivity index (χ1n) is 12.2. The normalized spacial score (nSPS) is 10.6. The molecule has 0 aliphatic carbocycles. The average Bonchev–Trinajstić information content (AvgIpc) is 2.99. The van der Waals surface area contributed by atoms with E-state index < -0.39 is 24.7 Å². The molecule has 0 saturated heterocycles. The molecule has 0 atom stereocenters. The molecule has 2 N–H and O–H groups in total. The zero-order valence-corrected chi connectivity index (χ0v) is 23.4. The topological polar surface area (TPSA) is 76.0 Å². The summed E-state index contributed by atoms with van der Waals surface area (Å²) in [6.07, 6.45) is 0. The summed E-state index contributed by atoms with van der Waals surface area (Å²) >= 11 is 0. The van der Waals surface area contributed by atoms with Crippen LogP contribution in [0.5, 0.6) is 0 Å². The molecule has 5 rings (SSSR count). The predicted octanol–water partition coefficient (Wildman–Crippen LogP) is 6.85. The van der Waals surface area contributed by atoms with E-state index in [-0.39, 0.29) is 49.9 Å². The molecule has 44 heavy (non-hydrogen) atoms. The van der Waals surface area contributed by atoms with Crippen molar-refractivity contribution in [3.63, 3.8) is 0 Å². The number of hydrogen-bond acceptors (Lipinski definition) is 5. The minimum atomic E-state index is -4.35. The van der Waals surface area contributed by atoms with Gasteiger partial charge in [0.2, 0.25) is 0 Å². The summed E-state index contributed by atoms with van der Waals surface area (Å²) in [4.78, 5) is 24.6. The van der Waals surface area contributed by atoms with Crippen molar-refractivity contribution in [1.29, 1.82) is 0 Å². The van der Waals surface area contributed by atoms with Crippen molar-refractivity contribution < 1.29 is 22.6 Å². The van der Waals surface area contributed by atoms with Gasteiger partial charge in [0, 0.05) is 0 Å². The fourth-order valence-corrected chi connectivity index (χ4v) is 13.9. The fraction of sp³-hybridized carbons (Fsp3) is 0.167. The van der Waals surface area contributed by atoms with Gasteiger partial charge in [0.1, 0.15) is 0 Å². The van der Waals surface area contributed by atoms with Gasteiger partial charge in [0.05, 0.1) is 5.30 Å². The van der Waals surface area contributed by atoms with Gasteiger partial charge in [-0.1, -0.05) is 184 Å². The molecule has 0 fully saturated rings. The van der Waals surface area contributed by atoms with E-state index in [2.05, 4.69) is 0 Å². The maximum Gasteiger partial charge on any atom is 0.411 e. The first-order chi connectivity index (χ1) is 18.4. The Morgan fingerprint density at radius 2 is 0.591 bits per heavy atom. The molecule has 0 aliphatic heterocycles. The highest BCUT2D eigenvalue weighted by molar-refractivity contribution is 7.65. The Bertz CT molecular complexity index is 1330. The van der Waals surface area contributed by atoms with Crippen LogP contribution < -0.4 is 26.1 Å². The molecule has 0 spiro atoms. The van der Waals surface area contributed by atoms with E-state index in [0.717, 1.165) is 0 Å². The standard InChI is InChI=1S/C30H27O5PSi2.6CH4/c31-36(26-16-6-1-7-17-26,34-37(32,27-18-8-2-9-19-27)28-20-10-3-11-21-28)35-38(33,29-22-12-4-13-23-29)30-24-14-5-15-25-30;;;;;;/h1-25,32-33H;6*1H4. The van der Waals surface area contributed by atoms with E-state index in [0.29, 0.717) is 20.7 Å². The molecule has 5 aromatic carbocycles. The lowest BCUT2D eigenvalue weighted by molar-refractivity contribution is 0.326. The molecule has 0 amide bonds. The zero-order valence-electron chi connectivity index (χ0n) is 20.5. The van der Waals surface area contributed by atoms with Crippen LogP contribution in [0.3, 0.4) is 0 Å². The summed E-state index contributed by atoms with van der Waals surface area (Å²) < 4.78 is 27.9. The van der Waals surface area contributed by atoms with Gasteiger partial charge in [-0.25, -0.2) is 0 Å². The summed E-state index contributed by atoms with van der Waals surface area (Å²) in [5.41, 5.74) is 0. The highest BCUT2D eigenvalue weighted by atomic mass is 31.2. The molecule has 0 bridgehead atoms. The first kappa shape index (κ1) is 42.7. The molecule has 238 valence electrons. The van der Waals surface area contributed by atoms with Crippen LogP contribution in [0.2, 0.25) is 0 Å². The Morgan fingerprint density at radius 1 is 0.386 bits per heavy atom. The summed E-state index contributed by atoms with van der Waals surface area (Å²) in [7, 11) is -12.6. The molecular formula is C36H51O5PSi2. The van der Waals surface area contributed by atoms with Crippen LogP contribution in [-0.2, 0) is 13.0 Å². The van der Waals surface area contributed by atoms with Gasteiger partial charge in [-0.3, -0.25) is 4.57 Å². The Morgan fingerprint density at radius 3 is 0.818 bits per heavy atom. The third-order valence-corrected chi connectivity index (χ3v) is 15.7. The van der Waals surface area contributed by atoms with Crippen molar-refractivity contribution in [2.24, 2.45) is 0 Å². The molecule has 0 radical (unpaired) electrons. The van der Waals surface area contributed by atoms with Gasteiger partial charge in [0.15, 0.2) is 0 Å². The molecule has 5 aromatic rings. The van der Waals surface area contributed by atoms with Gasteiger partial charge < -0.3 is 18.0 Å². The lowest BCUT2D eigenvalue weighted by Crippen LogP contribution is -2.64. The minimum absolute atomic E-state index is 0. The second-order valence-corrected chi connectivity index (χ2v) is 16.6. The molecule has 0 heterocycles.